The van der Waals surface area contributed by atoms with E-state index in [4.69, 9.17) is 39.5 Å². The SMILES string of the molecule is COc1cc2c(cc1N1CCCN(C)C1=O)CN(C(=O)c1c(Sc3c(Cl)cccc3Cl)cc(C(F)(F)Cl)[nH]c1=O)C2CC#N. The number of halogens is 5. The average molecular weight is 683 g/mol. The van der Waals surface area contributed by atoms with Crippen LogP contribution < -0.4 is 15.2 Å². The molecule has 230 valence electrons. The van der Waals surface area contributed by atoms with Gasteiger partial charge in [0.25, 0.3) is 11.5 Å². The molecule has 15 heteroatoms. The number of nitrogens with one attached hydrogen (secondary N) is 1. The number of aromatic nitrogens is 1. The number of hydrogen-bond acceptors (Lipinski definition) is 6. The van der Waals surface area contributed by atoms with Crippen LogP contribution in [0.2, 0.25) is 10.0 Å². The number of benzene rings is 2. The predicted molar refractivity (Wildman–Crippen MR) is 163 cm³/mol. The smallest absolute Gasteiger partial charge is 0.362 e. The van der Waals surface area contributed by atoms with Crippen LogP contribution in [0, 0.1) is 11.3 Å². The number of H-pyrrole nitrogens is 1. The fourth-order valence-corrected chi connectivity index (χ4v) is 7.06. The van der Waals surface area contributed by atoms with E-state index >= 15 is 0 Å². The summed E-state index contributed by atoms with van der Waals surface area (Å²) >= 11 is 18.6. The Morgan fingerprint density at radius 2 is 1.91 bits per heavy atom. The Hall–Kier alpha value is -3.50. The molecule has 0 radical (unpaired) electrons. The first-order valence-electron chi connectivity index (χ1n) is 13.2. The number of rotatable bonds is 7. The number of alkyl halides is 3. The van der Waals surface area contributed by atoms with Gasteiger partial charge in [0.15, 0.2) is 0 Å². The Kier molecular flexibility index (Phi) is 9.05. The van der Waals surface area contributed by atoms with Gasteiger partial charge in [-0.15, -0.1) is 0 Å². The summed E-state index contributed by atoms with van der Waals surface area (Å²) < 4.78 is 33.9. The van der Waals surface area contributed by atoms with Crippen molar-refractivity contribution in [1.29, 1.82) is 5.26 Å². The maximum absolute atomic E-state index is 14.2. The van der Waals surface area contributed by atoms with Crippen molar-refractivity contribution in [1.82, 2.24) is 14.8 Å². The molecule has 1 fully saturated rings. The number of carbonyl (C=O) groups is 2. The minimum absolute atomic E-state index is 0.0286. The largest absolute Gasteiger partial charge is 0.495 e. The van der Waals surface area contributed by atoms with E-state index in [2.05, 4.69) is 6.07 Å². The minimum Gasteiger partial charge on any atom is -0.495 e. The topological polar surface area (TPSA) is 110 Å². The van der Waals surface area contributed by atoms with Gasteiger partial charge in [0, 0.05) is 36.5 Å². The van der Waals surface area contributed by atoms with Crippen molar-refractivity contribution in [3.63, 3.8) is 0 Å². The third-order valence-corrected chi connectivity index (χ3v) is 9.68. The van der Waals surface area contributed by atoms with Crippen LogP contribution in [-0.4, -0.2) is 54.0 Å². The molecule has 1 saturated heterocycles. The molecule has 0 saturated carbocycles. The van der Waals surface area contributed by atoms with Gasteiger partial charge in [-0.2, -0.15) is 14.0 Å². The van der Waals surface area contributed by atoms with E-state index in [1.165, 1.54) is 24.1 Å². The zero-order valence-corrected chi connectivity index (χ0v) is 26.4. The van der Waals surface area contributed by atoms with Crippen molar-refractivity contribution < 1.29 is 23.1 Å². The standard InChI is InChI=1S/C29H24Cl3F2N5O4S/c1-37-9-4-10-38(28(37)42)20-11-15-14-39(19(7-8-35)16(15)12-21(20)43-2)27(41)24-22(13-23(29(32,33)34)36-26(24)40)44-25-17(30)5-3-6-18(25)31/h3,5-6,11-13,19H,4,7,9-10,14H2,1-2H3,(H,36,40). The molecule has 3 heterocycles. The Morgan fingerprint density at radius 1 is 1.20 bits per heavy atom. The summed E-state index contributed by atoms with van der Waals surface area (Å²) in [5.74, 6) is -0.437. The molecular formula is C29H24Cl3F2N5O4S. The molecule has 1 atom stereocenters. The van der Waals surface area contributed by atoms with Gasteiger partial charge in [-0.3, -0.25) is 14.5 Å². The third kappa shape index (κ3) is 5.94. The molecule has 2 aromatic carbocycles. The van der Waals surface area contributed by atoms with Crippen molar-refractivity contribution in [3.8, 4) is 11.8 Å². The summed E-state index contributed by atoms with van der Waals surface area (Å²) in [6.45, 7) is 1.04. The molecule has 0 spiro atoms. The molecule has 3 amide bonds. The maximum atomic E-state index is 14.2. The normalized spacial score (nSPS) is 16.6. The zero-order chi connectivity index (χ0) is 31.9. The lowest BCUT2D eigenvalue weighted by Crippen LogP contribution is -2.47. The van der Waals surface area contributed by atoms with Crippen LogP contribution in [0.15, 0.2) is 51.0 Å². The fraction of sp³-hybridized carbons (Fsp3) is 0.310. The predicted octanol–water partition coefficient (Wildman–Crippen LogP) is 7.00. The van der Waals surface area contributed by atoms with Gasteiger partial charge in [0.05, 0.1) is 41.4 Å². The Bertz CT molecular complexity index is 1740. The Labute approximate surface area is 270 Å². The Balaban J connectivity index is 1.60. The van der Waals surface area contributed by atoms with E-state index < -0.39 is 34.1 Å². The van der Waals surface area contributed by atoms with E-state index in [1.807, 2.05) is 4.98 Å². The average Bonchev–Trinajstić information content (AvgIpc) is 3.32. The fourth-order valence-electron chi connectivity index (χ4n) is 5.32. The summed E-state index contributed by atoms with van der Waals surface area (Å²) in [7, 11) is 3.16. The number of aromatic amines is 1. The van der Waals surface area contributed by atoms with Gasteiger partial charge in [-0.25, -0.2) is 4.79 Å². The van der Waals surface area contributed by atoms with Crippen LogP contribution in [0.5, 0.6) is 5.75 Å². The second kappa shape index (κ2) is 12.5. The first-order chi connectivity index (χ1) is 20.8. The molecule has 5 rings (SSSR count). The van der Waals surface area contributed by atoms with Crippen molar-refractivity contribution in [2.45, 2.75) is 40.6 Å². The zero-order valence-electron chi connectivity index (χ0n) is 23.3. The molecule has 1 aromatic heterocycles. The summed E-state index contributed by atoms with van der Waals surface area (Å²) in [5, 5.41) is 6.09. The molecule has 2 aliphatic heterocycles. The number of urea groups is 1. The molecule has 44 heavy (non-hydrogen) atoms. The molecular weight excluding hydrogens is 659 g/mol. The molecule has 3 aromatic rings. The number of methoxy groups -OCH3 is 1. The quantitative estimate of drug-likeness (QED) is 0.269. The number of anilines is 1. The van der Waals surface area contributed by atoms with E-state index in [0.717, 1.165) is 24.2 Å². The number of fused-ring (bicyclic) bond motifs is 1. The van der Waals surface area contributed by atoms with Crippen LogP contribution in [-0.2, 0) is 11.9 Å². The molecule has 0 bridgehead atoms. The molecule has 1 N–H and O–H groups in total. The lowest BCUT2D eigenvalue weighted by Gasteiger charge is -2.34. The van der Waals surface area contributed by atoms with Crippen LogP contribution >= 0.6 is 46.6 Å². The lowest BCUT2D eigenvalue weighted by atomic mass is 10.0. The summed E-state index contributed by atoms with van der Waals surface area (Å²) in [6, 6.07) is 10.0. The molecule has 1 unspecified atom stereocenters. The number of carbonyl (C=O) groups excluding carboxylic acids is 2. The molecule has 9 nitrogen and oxygen atoms in total. The Morgan fingerprint density at radius 3 is 2.55 bits per heavy atom. The van der Waals surface area contributed by atoms with Gasteiger partial charge in [0.1, 0.15) is 17.0 Å². The number of ether oxygens (including phenoxy) is 1. The monoisotopic (exact) mass is 681 g/mol. The van der Waals surface area contributed by atoms with Gasteiger partial charge in [0.2, 0.25) is 0 Å². The van der Waals surface area contributed by atoms with Gasteiger partial charge in [-0.1, -0.05) is 41.0 Å². The first kappa shape index (κ1) is 31.9. The summed E-state index contributed by atoms with van der Waals surface area (Å²) in [5.41, 5.74) is -0.739. The van der Waals surface area contributed by atoms with Crippen molar-refractivity contribution in [2.24, 2.45) is 0 Å². The summed E-state index contributed by atoms with van der Waals surface area (Å²) in [6.07, 6.45) is 0.599. The third-order valence-electron chi connectivity index (χ3n) is 7.43. The van der Waals surface area contributed by atoms with Gasteiger partial charge < -0.3 is 19.5 Å². The van der Waals surface area contributed by atoms with Crippen LogP contribution in [0.25, 0.3) is 0 Å². The van der Waals surface area contributed by atoms with Crippen molar-refractivity contribution in [3.05, 3.63) is 79.2 Å². The molecule has 2 aliphatic rings. The second-order valence-electron chi connectivity index (χ2n) is 10.1. The van der Waals surface area contributed by atoms with E-state index in [0.29, 0.717) is 35.7 Å². The van der Waals surface area contributed by atoms with Crippen LogP contribution in [0.1, 0.15) is 46.1 Å². The second-order valence-corrected chi connectivity index (χ2v) is 12.5. The minimum atomic E-state index is -3.94. The summed E-state index contributed by atoms with van der Waals surface area (Å²) in [4.78, 5) is 47.1. The molecule has 0 aliphatic carbocycles. The van der Waals surface area contributed by atoms with Crippen LogP contribution in [0.3, 0.4) is 0 Å². The van der Waals surface area contributed by atoms with Gasteiger partial charge >= 0.3 is 11.4 Å². The highest BCUT2D eigenvalue weighted by molar-refractivity contribution is 7.99. The first-order valence-corrected chi connectivity index (χ1v) is 15.2. The highest BCUT2D eigenvalue weighted by Crippen LogP contribution is 2.45. The number of nitriles is 1. The van der Waals surface area contributed by atoms with Gasteiger partial charge in [-0.05, 0) is 59.5 Å². The lowest BCUT2D eigenvalue weighted by molar-refractivity contribution is 0.0684. The number of nitrogens with zero attached hydrogens (tertiary/aromatic N) is 4. The maximum Gasteiger partial charge on any atom is 0.362 e. The highest BCUT2D eigenvalue weighted by Gasteiger charge is 2.39. The van der Waals surface area contributed by atoms with Crippen molar-refractivity contribution >= 4 is 64.2 Å². The van der Waals surface area contributed by atoms with E-state index in [1.54, 1.807) is 35.0 Å². The number of pyridine rings is 1. The van der Waals surface area contributed by atoms with E-state index in [-0.39, 0.29) is 38.8 Å². The van der Waals surface area contributed by atoms with Crippen molar-refractivity contribution in [2.75, 3.05) is 32.1 Å². The highest BCUT2D eigenvalue weighted by atomic mass is 35.5. The number of hydrogen-bond donors (Lipinski definition) is 1. The number of amides is 3. The van der Waals surface area contributed by atoms with E-state index in [9.17, 15) is 28.4 Å². The van der Waals surface area contributed by atoms with Crippen LogP contribution in [0.4, 0.5) is 19.3 Å².